The van der Waals surface area contributed by atoms with Gasteiger partial charge >= 0.3 is 0 Å². The highest BCUT2D eigenvalue weighted by molar-refractivity contribution is 6.32. The molecular weight excluding hydrogens is 478 g/mol. The average Bonchev–Trinajstić information content (AvgIpc) is 3.21. The summed E-state index contributed by atoms with van der Waals surface area (Å²) in [6.45, 7) is 7.80. The van der Waals surface area contributed by atoms with Crippen molar-refractivity contribution in [2.75, 3.05) is 12.4 Å². The fraction of sp³-hybridized carbons (Fsp3) is 0.241. The Kier molecular flexibility index (Phi) is 7.36. The second-order valence-corrected chi connectivity index (χ2v) is 9.33. The highest BCUT2D eigenvalue weighted by Crippen LogP contribution is 2.34. The Hall–Kier alpha value is -3.77. The molecule has 1 unspecified atom stereocenters. The van der Waals surface area contributed by atoms with Crippen LogP contribution >= 0.6 is 11.6 Å². The van der Waals surface area contributed by atoms with E-state index in [0.29, 0.717) is 33.1 Å². The zero-order valence-corrected chi connectivity index (χ0v) is 21.6. The molecule has 1 amide bonds. The molecule has 1 atom stereocenters. The molecule has 4 aromatic rings. The number of ether oxygens (including phenoxy) is 2. The minimum absolute atomic E-state index is 0.0106. The van der Waals surface area contributed by atoms with E-state index in [1.807, 2.05) is 31.2 Å². The number of fused-ring (bicyclic) bond motifs is 1. The first-order chi connectivity index (χ1) is 17.2. The van der Waals surface area contributed by atoms with Gasteiger partial charge in [0.05, 0.1) is 17.8 Å². The number of nitrogens with one attached hydrogen (secondary N) is 1. The first kappa shape index (κ1) is 25.3. The summed E-state index contributed by atoms with van der Waals surface area (Å²) in [7, 11) is 1.50. The van der Waals surface area contributed by atoms with Crippen molar-refractivity contribution in [3.8, 4) is 11.5 Å². The van der Waals surface area contributed by atoms with Gasteiger partial charge in [-0.15, -0.1) is 0 Å². The monoisotopic (exact) mass is 505 g/mol. The van der Waals surface area contributed by atoms with Gasteiger partial charge in [-0.05, 0) is 67.3 Å². The number of aryl methyl sites for hydroxylation is 1. The van der Waals surface area contributed by atoms with Gasteiger partial charge in [0.25, 0.3) is 5.91 Å². The molecule has 0 radical (unpaired) electrons. The van der Waals surface area contributed by atoms with E-state index >= 15 is 0 Å². The van der Waals surface area contributed by atoms with E-state index < -0.39 is 17.8 Å². The van der Waals surface area contributed by atoms with E-state index in [1.165, 1.54) is 13.2 Å². The Morgan fingerprint density at radius 3 is 2.42 bits per heavy atom. The summed E-state index contributed by atoms with van der Waals surface area (Å²) in [6, 6.07) is 17.8. The highest BCUT2D eigenvalue weighted by Gasteiger charge is 2.26. The van der Waals surface area contributed by atoms with E-state index in [-0.39, 0.29) is 17.4 Å². The Labute approximate surface area is 215 Å². The van der Waals surface area contributed by atoms with Crippen molar-refractivity contribution in [3.05, 3.63) is 88.1 Å². The van der Waals surface area contributed by atoms with Gasteiger partial charge in [-0.2, -0.15) is 0 Å². The second kappa shape index (κ2) is 10.5. The number of furan rings is 1. The summed E-state index contributed by atoms with van der Waals surface area (Å²) in [6.07, 6.45) is -0.823. The van der Waals surface area contributed by atoms with Crippen molar-refractivity contribution in [3.63, 3.8) is 0 Å². The average molecular weight is 506 g/mol. The summed E-state index contributed by atoms with van der Waals surface area (Å²) in [5, 5.41) is 3.78. The molecule has 0 aliphatic carbocycles. The lowest BCUT2D eigenvalue weighted by atomic mass is 10.0. The quantitative estimate of drug-likeness (QED) is 0.257. The smallest absolute Gasteiger partial charge is 0.265 e. The molecular formula is C29H28ClNO5. The van der Waals surface area contributed by atoms with Crippen LogP contribution in [0.3, 0.4) is 0 Å². The second-order valence-electron chi connectivity index (χ2n) is 8.93. The van der Waals surface area contributed by atoms with E-state index in [9.17, 15) is 9.59 Å². The SMILES string of the molecule is COc1ccc(C(=O)c2oc3ccccc3c2NC(=O)C(C)Oc2cc(C)ccc2C(C)C)cc1Cl. The van der Waals surface area contributed by atoms with Gasteiger partial charge in [0.15, 0.2) is 11.9 Å². The minimum Gasteiger partial charge on any atom is -0.495 e. The largest absolute Gasteiger partial charge is 0.495 e. The summed E-state index contributed by atoms with van der Waals surface area (Å²) in [4.78, 5) is 26.7. The lowest BCUT2D eigenvalue weighted by Gasteiger charge is -2.19. The number of carbonyl (C=O) groups is 2. The molecule has 6 nitrogen and oxygen atoms in total. The van der Waals surface area contributed by atoms with Gasteiger partial charge in [-0.1, -0.05) is 49.7 Å². The Morgan fingerprint density at radius 2 is 1.72 bits per heavy atom. The maximum atomic E-state index is 13.4. The number of para-hydroxylation sites is 1. The van der Waals surface area contributed by atoms with Crippen LogP contribution in [0, 0.1) is 6.92 Å². The fourth-order valence-electron chi connectivity index (χ4n) is 3.96. The number of hydrogen-bond donors (Lipinski definition) is 1. The number of methoxy groups -OCH3 is 1. The van der Waals surface area contributed by atoms with Gasteiger partial charge in [-0.25, -0.2) is 0 Å². The van der Waals surface area contributed by atoms with Gasteiger partial charge < -0.3 is 19.2 Å². The van der Waals surface area contributed by atoms with E-state index in [4.69, 9.17) is 25.5 Å². The predicted octanol–water partition coefficient (Wildman–Crippen LogP) is 7.16. The van der Waals surface area contributed by atoms with Gasteiger partial charge in [0.1, 0.15) is 17.1 Å². The number of halogens is 1. The molecule has 186 valence electrons. The first-order valence-electron chi connectivity index (χ1n) is 11.7. The number of carbonyl (C=O) groups excluding carboxylic acids is 2. The lowest BCUT2D eigenvalue weighted by Crippen LogP contribution is -2.31. The van der Waals surface area contributed by atoms with Crippen LogP contribution in [-0.2, 0) is 4.79 Å². The lowest BCUT2D eigenvalue weighted by molar-refractivity contribution is -0.122. The summed E-state index contributed by atoms with van der Waals surface area (Å²) in [5.41, 5.74) is 3.12. The Balaban J connectivity index is 1.66. The van der Waals surface area contributed by atoms with E-state index in [0.717, 1.165) is 11.1 Å². The molecule has 4 rings (SSSR count). The minimum atomic E-state index is -0.823. The third-order valence-electron chi connectivity index (χ3n) is 5.93. The third kappa shape index (κ3) is 5.09. The summed E-state index contributed by atoms with van der Waals surface area (Å²) >= 11 is 6.23. The summed E-state index contributed by atoms with van der Waals surface area (Å²) < 4.78 is 17.2. The van der Waals surface area contributed by atoms with Crippen LogP contribution in [0.15, 0.2) is 65.1 Å². The maximum Gasteiger partial charge on any atom is 0.265 e. The highest BCUT2D eigenvalue weighted by atomic mass is 35.5. The number of benzene rings is 3. The van der Waals surface area contributed by atoms with Gasteiger partial charge in [0, 0.05) is 10.9 Å². The van der Waals surface area contributed by atoms with Crippen molar-refractivity contribution in [2.24, 2.45) is 0 Å². The molecule has 0 saturated heterocycles. The van der Waals surface area contributed by atoms with Crippen LogP contribution in [0.2, 0.25) is 5.02 Å². The van der Waals surface area contributed by atoms with E-state index in [2.05, 4.69) is 19.2 Å². The maximum absolute atomic E-state index is 13.4. The van der Waals surface area contributed by atoms with Crippen LogP contribution in [-0.4, -0.2) is 24.9 Å². The standard InChI is InChI=1S/C29H28ClNO5/c1-16(2)20-12-10-17(3)14-25(20)35-18(4)29(33)31-26-21-8-6-7-9-23(21)36-28(26)27(32)19-11-13-24(34-5)22(30)15-19/h6-16,18H,1-5H3,(H,31,33). The summed E-state index contributed by atoms with van der Waals surface area (Å²) in [5.74, 6) is 0.536. The van der Waals surface area contributed by atoms with Crippen LogP contribution in [0.1, 0.15) is 53.9 Å². The van der Waals surface area contributed by atoms with Crippen molar-refractivity contribution in [1.29, 1.82) is 0 Å². The van der Waals surface area contributed by atoms with Crippen LogP contribution in [0.25, 0.3) is 11.0 Å². The zero-order chi connectivity index (χ0) is 26.0. The molecule has 0 fully saturated rings. The molecule has 0 spiro atoms. The predicted molar refractivity (Wildman–Crippen MR) is 142 cm³/mol. The molecule has 7 heteroatoms. The molecule has 1 aromatic heterocycles. The van der Waals surface area contributed by atoms with Gasteiger partial charge in [0.2, 0.25) is 5.78 Å². The van der Waals surface area contributed by atoms with Crippen molar-refractivity contribution in [2.45, 2.75) is 39.7 Å². The van der Waals surface area contributed by atoms with Crippen LogP contribution in [0.5, 0.6) is 11.5 Å². The zero-order valence-electron chi connectivity index (χ0n) is 20.8. The van der Waals surface area contributed by atoms with Crippen molar-refractivity contribution >= 4 is 39.9 Å². The third-order valence-corrected chi connectivity index (χ3v) is 6.22. The molecule has 3 aromatic carbocycles. The molecule has 0 aliphatic rings. The molecule has 1 N–H and O–H groups in total. The molecule has 1 heterocycles. The number of rotatable bonds is 8. The van der Waals surface area contributed by atoms with Crippen molar-refractivity contribution in [1.82, 2.24) is 0 Å². The molecule has 0 saturated carbocycles. The van der Waals surface area contributed by atoms with E-state index in [1.54, 1.807) is 37.3 Å². The molecule has 0 bridgehead atoms. The van der Waals surface area contributed by atoms with Crippen LogP contribution in [0.4, 0.5) is 5.69 Å². The van der Waals surface area contributed by atoms with Gasteiger partial charge in [-0.3, -0.25) is 9.59 Å². The molecule has 0 aliphatic heterocycles. The molecule has 36 heavy (non-hydrogen) atoms. The number of ketones is 1. The normalized spacial score (nSPS) is 12.0. The van der Waals surface area contributed by atoms with Crippen molar-refractivity contribution < 1.29 is 23.5 Å². The fourth-order valence-corrected chi connectivity index (χ4v) is 4.22. The topological polar surface area (TPSA) is 77.8 Å². The number of anilines is 1. The Bertz CT molecular complexity index is 1440. The first-order valence-corrected chi connectivity index (χ1v) is 12.0. The Morgan fingerprint density at radius 1 is 0.972 bits per heavy atom. The number of hydrogen-bond acceptors (Lipinski definition) is 5. The number of amides is 1. The van der Waals surface area contributed by atoms with Crippen LogP contribution < -0.4 is 14.8 Å².